The van der Waals surface area contributed by atoms with E-state index in [0.29, 0.717) is 0 Å². The predicted octanol–water partition coefficient (Wildman–Crippen LogP) is 16.0. The first-order valence-corrected chi connectivity index (χ1v) is 21.2. The van der Waals surface area contributed by atoms with Crippen LogP contribution in [-0.4, -0.2) is 0 Å². The molecule has 2 nitrogen and oxygen atoms in total. The Hall–Kier alpha value is -6.90. The maximum absolute atomic E-state index is 2.42. The molecule has 60 heavy (non-hydrogen) atoms. The van der Waals surface area contributed by atoms with Crippen molar-refractivity contribution in [2.75, 3.05) is 9.80 Å². The molecule has 2 aliphatic rings. The molecule has 8 aromatic carbocycles. The van der Waals surface area contributed by atoms with Crippen LogP contribution in [0.25, 0.3) is 34.4 Å². The molecule has 0 atom stereocenters. The number of hydrogen-bond acceptors (Lipinski definition) is 2. The minimum absolute atomic E-state index is 0.153. The number of aryl methyl sites for hydroxylation is 2. The van der Waals surface area contributed by atoms with E-state index in [0.717, 1.165) is 17.1 Å². The van der Waals surface area contributed by atoms with Gasteiger partial charge in [-0.05, 0) is 153 Å². The standard InChI is InChI=1S/C58H50N2/c1-39-32-40(2)34-48(33-39)60(45-20-14-9-15-21-45)47-27-31-52-50-29-25-42(36-54(50)58(5,6)56(52)38-47)23-22-41-24-28-49-51-30-26-46(37-55(51)57(3,4)53(49)35-41)59(43-16-10-7-11-17-43)44-18-12-8-13-19-44/h7-38H,1-6H3/b23-22+. The summed E-state index contributed by atoms with van der Waals surface area (Å²) in [6.45, 7) is 13.9. The van der Waals surface area contributed by atoms with E-state index in [2.05, 4.69) is 245 Å². The van der Waals surface area contributed by atoms with Gasteiger partial charge < -0.3 is 9.80 Å². The van der Waals surface area contributed by atoms with Crippen molar-refractivity contribution in [1.29, 1.82) is 0 Å². The first-order chi connectivity index (χ1) is 29.1. The van der Waals surface area contributed by atoms with Crippen molar-refractivity contribution in [1.82, 2.24) is 0 Å². The van der Waals surface area contributed by atoms with E-state index in [9.17, 15) is 0 Å². The van der Waals surface area contributed by atoms with Crippen LogP contribution in [-0.2, 0) is 10.8 Å². The Morgan fingerprint density at radius 2 is 0.650 bits per heavy atom. The van der Waals surface area contributed by atoms with Crippen molar-refractivity contribution in [3.8, 4) is 22.3 Å². The van der Waals surface area contributed by atoms with Crippen LogP contribution in [0.5, 0.6) is 0 Å². The Morgan fingerprint density at radius 3 is 1.03 bits per heavy atom. The molecule has 0 heterocycles. The van der Waals surface area contributed by atoms with E-state index in [4.69, 9.17) is 0 Å². The third kappa shape index (κ3) is 6.35. The van der Waals surface area contributed by atoms with Crippen LogP contribution in [0.3, 0.4) is 0 Å². The monoisotopic (exact) mass is 774 g/mol. The first kappa shape index (κ1) is 37.4. The number of fused-ring (bicyclic) bond motifs is 6. The third-order valence-electron chi connectivity index (χ3n) is 12.9. The van der Waals surface area contributed by atoms with Crippen LogP contribution in [0, 0.1) is 13.8 Å². The SMILES string of the molecule is Cc1cc(C)cc(N(c2ccccc2)c2ccc3c(c2)C(C)(C)c2cc(/C=C/c4ccc5c(c4)C(C)(C)c4cc(N(c6ccccc6)c6ccccc6)ccc4-5)ccc2-3)c1. The minimum Gasteiger partial charge on any atom is -0.310 e. The molecular formula is C58H50N2. The summed E-state index contributed by atoms with van der Waals surface area (Å²) in [5, 5.41) is 0. The molecule has 0 radical (unpaired) electrons. The van der Waals surface area contributed by atoms with E-state index in [-0.39, 0.29) is 10.8 Å². The van der Waals surface area contributed by atoms with Crippen molar-refractivity contribution in [3.63, 3.8) is 0 Å². The molecule has 0 fully saturated rings. The molecule has 0 unspecified atom stereocenters. The summed E-state index contributed by atoms with van der Waals surface area (Å²) in [7, 11) is 0. The molecule has 0 bridgehead atoms. The topological polar surface area (TPSA) is 6.48 Å². The largest absolute Gasteiger partial charge is 0.310 e. The fraction of sp³-hybridized carbons (Fsp3) is 0.138. The van der Waals surface area contributed by atoms with Gasteiger partial charge in [-0.1, -0.05) is 149 Å². The predicted molar refractivity (Wildman–Crippen MR) is 256 cm³/mol. The molecule has 2 aliphatic carbocycles. The lowest BCUT2D eigenvalue weighted by Crippen LogP contribution is -2.17. The van der Waals surface area contributed by atoms with Crippen molar-refractivity contribution < 1.29 is 0 Å². The number of nitrogens with zero attached hydrogens (tertiary/aromatic N) is 2. The molecule has 0 N–H and O–H groups in total. The highest BCUT2D eigenvalue weighted by atomic mass is 15.1. The number of rotatable bonds is 8. The van der Waals surface area contributed by atoms with Crippen molar-refractivity contribution >= 4 is 46.3 Å². The molecule has 0 amide bonds. The van der Waals surface area contributed by atoms with Gasteiger partial charge in [0.05, 0.1) is 0 Å². The third-order valence-corrected chi connectivity index (χ3v) is 12.9. The highest BCUT2D eigenvalue weighted by molar-refractivity contribution is 5.89. The lowest BCUT2D eigenvalue weighted by Gasteiger charge is -2.28. The van der Waals surface area contributed by atoms with E-state index in [1.807, 2.05) is 0 Å². The van der Waals surface area contributed by atoms with Crippen molar-refractivity contribution in [2.24, 2.45) is 0 Å². The van der Waals surface area contributed by atoms with Crippen LogP contribution in [0.2, 0.25) is 0 Å². The molecule has 2 heteroatoms. The van der Waals surface area contributed by atoms with Gasteiger partial charge in [0.2, 0.25) is 0 Å². The van der Waals surface area contributed by atoms with Crippen molar-refractivity contribution in [2.45, 2.75) is 52.4 Å². The number of anilines is 6. The maximum Gasteiger partial charge on any atom is 0.0466 e. The summed E-state index contributed by atoms with van der Waals surface area (Å²) in [4.78, 5) is 4.75. The van der Waals surface area contributed by atoms with E-state index in [1.165, 1.54) is 83.8 Å². The van der Waals surface area contributed by atoms with Crippen LogP contribution >= 0.6 is 0 Å². The van der Waals surface area contributed by atoms with Gasteiger partial charge in [-0.2, -0.15) is 0 Å². The molecule has 0 aliphatic heterocycles. The fourth-order valence-corrected chi connectivity index (χ4v) is 9.87. The van der Waals surface area contributed by atoms with Gasteiger partial charge in [-0.3, -0.25) is 0 Å². The maximum atomic E-state index is 2.42. The Bertz CT molecular complexity index is 2880. The highest BCUT2D eigenvalue weighted by Gasteiger charge is 2.37. The summed E-state index contributed by atoms with van der Waals surface area (Å²) in [5.74, 6) is 0. The van der Waals surface area contributed by atoms with Gasteiger partial charge in [0.1, 0.15) is 0 Å². The summed E-state index contributed by atoms with van der Waals surface area (Å²) in [6, 6.07) is 66.9. The van der Waals surface area contributed by atoms with Crippen LogP contribution in [0.15, 0.2) is 182 Å². The molecule has 0 spiro atoms. The summed E-state index contributed by atoms with van der Waals surface area (Å²) in [5.41, 5.74) is 22.4. The second-order valence-corrected chi connectivity index (χ2v) is 17.7. The van der Waals surface area contributed by atoms with Gasteiger partial charge in [-0.25, -0.2) is 0 Å². The molecule has 0 saturated heterocycles. The Morgan fingerprint density at radius 1 is 0.317 bits per heavy atom. The smallest absolute Gasteiger partial charge is 0.0466 e. The van der Waals surface area contributed by atoms with Gasteiger partial charge in [-0.15, -0.1) is 0 Å². The summed E-state index contributed by atoms with van der Waals surface area (Å²) < 4.78 is 0. The minimum atomic E-state index is -0.159. The molecule has 0 saturated carbocycles. The second-order valence-electron chi connectivity index (χ2n) is 17.7. The average Bonchev–Trinajstić information content (AvgIpc) is 3.62. The van der Waals surface area contributed by atoms with Gasteiger partial charge in [0.25, 0.3) is 0 Å². The summed E-state index contributed by atoms with van der Waals surface area (Å²) in [6.07, 6.45) is 4.57. The number of benzene rings is 8. The molecule has 0 aromatic heterocycles. The van der Waals surface area contributed by atoms with Crippen LogP contribution in [0.1, 0.15) is 72.2 Å². The Kier molecular flexibility index (Phi) is 8.99. The number of para-hydroxylation sites is 3. The molecule has 10 rings (SSSR count). The zero-order valence-corrected chi connectivity index (χ0v) is 35.4. The van der Waals surface area contributed by atoms with Gasteiger partial charge >= 0.3 is 0 Å². The molecule has 292 valence electrons. The van der Waals surface area contributed by atoms with Gasteiger partial charge in [0, 0.05) is 45.0 Å². The number of hydrogen-bond donors (Lipinski definition) is 0. The quantitative estimate of drug-likeness (QED) is 0.142. The van der Waals surface area contributed by atoms with Crippen LogP contribution in [0.4, 0.5) is 34.1 Å². The van der Waals surface area contributed by atoms with Crippen molar-refractivity contribution in [3.05, 3.63) is 226 Å². The zero-order chi connectivity index (χ0) is 41.2. The van der Waals surface area contributed by atoms with E-state index in [1.54, 1.807) is 0 Å². The average molecular weight is 775 g/mol. The molecule has 8 aromatic rings. The van der Waals surface area contributed by atoms with E-state index < -0.39 is 0 Å². The Balaban J connectivity index is 0.945. The zero-order valence-electron chi connectivity index (χ0n) is 35.4. The first-order valence-electron chi connectivity index (χ1n) is 21.2. The summed E-state index contributed by atoms with van der Waals surface area (Å²) >= 11 is 0. The highest BCUT2D eigenvalue weighted by Crippen LogP contribution is 2.53. The Labute approximate surface area is 355 Å². The lowest BCUT2D eigenvalue weighted by atomic mass is 9.81. The second kappa shape index (κ2) is 14.4. The fourth-order valence-electron chi connectivity index (χ4n) is 9.87. The molecular weight excluding hydrogens is 725 g/mol. The van der Waals surface area contributed by atoms with E-state index >= 15 is 0 Å². The normalized spacial score (nSPS) is 14.0. The van der Waals surface area contributed by atoms with Crippen LogP contribution < -0.4 is 9.80 Å². The van der Waals surface area contributed by atoms with Gasteiger partial charge in [0.15, 0.2) is 0 Å². The lowest BCUT2D eigenvalue weighted by molar-refractivity contribution is 0.660.